The molecule has 0 atom stereocenters. The highest BCUT2D eigenvalue weighted by Crippen LogP contribution is 2.23. The molecule has 1 amide bonds. The molecule has 0 heterocycles. The van der Waals surface area contributed by atoms with Crippen LogP contribution >= 0.6 is 23.2 Å². The summed E-state index contributed by atoms with van der Waals surface area (Å²) < 4.78 is 24.9. The molecule has 0 fully saturated rings. The number of anilines is 1. The second-order valence-corrected chi connectivity index (χ2v) is 7.87. The van der Waals surface area contributed by atoms with Gasteiger partial charge in [-0.05, 0) is 48.0 Å². The van der Waals surface area contributed by atoms with Crippen LogP contribution in [-0.2, 0) is 19.7 Å². The van der Waals surface area contributed by atoms with Gasteiger partial charge in [0.15, 0.2) is 0 Å². The molecule has 0 aromatic heterocycles. The standard InChI is InChI=1S/C17H16Cl2N2O4S/c1-21(25-2)26(23,24)14-7-5-13(6-8-14)20-17(22)10-4-12-3-9-15(18)16(19)11-12/h3-11H,1-2H3,(H,20,22)/b10-4+. The maximum atomic E-state index is 12.1. The minimum atomic E-state index is -3.73. The van der Waals surface area contributed by atoms with E-state index in [9.17, 15) is 13.2 Å². The molecule has 2 rings (SSSR count). The summed E-state index contributed by atoms with van der Waals surface area (Å²) >= 11 is 11.8. The van der Waals surface area contributed by atoms with Crippen LogP contribution in [0, 0.1) is 0 Å². The fourth-order valence-corrected chi connectivity index (χ4v) is 3.21. The lowest BCUT2D eigenvalue weighted by atomic mass is 10.2. The summed E-state index contributed by atoms with van der Waals surface area (Å²) in [5, 5.41) is 3.46. The first-order chi connectivity index (χ1) is 12.2. The van der Waals surface area contributed by atoms with Crippen molar-refractivity contribution in [1.29, 1.82) is 0 Å². The summed E-state index contributed by atoms with van der Waals surface area (Å²) in [4.78, 5) is 16.7. The molecule has 26 heavy (non-hydrogen) atoms. The molecule has 0 aliphatic carbocycles. The van der Waals surface area contributed by atoms with Gasteiger partial charge >= 0.3 is 0 Å². The molecule has 0 saturated carbocycles. The lowest BCUT2D eigenvalue weighted by Gasteiger charge is -2.14. The van der Waals surface area contributed by atoms with Crippen LogP contribution in [-0.4, -0.2) is 33.0 Å². The molecule has 0 unspecified atom stereocenters. The lowest BCUT2D eigenvalue weighted by Crippen LogP contribution is -2.25. The highest BCUT2D eigenvalue weighted by atomic mass is 35.5. The Hall–Kier alpha value is -1.90. The molecule has 1 N–H and O–H groups in total. The van der Waals surface area contributed by atoms with Gasteiger partial charge in [0.1, 0.15) is 0 Å². The predicted molar refractivity (Wildman–Crippen MR) is 103 cm³/mol. The molecule has 0 saturated heterocycles. The Labute approximate surface area is 162 Å². The van der Waals surface area contributed by atoms with Crippen LogP contribution in [0.3, 0.4) is 0 Å². The van der Waals surface area contributed by atoms with Crippen molar-refractivity contribution >= 4 is 50.9 Å². The molecule has 0 aliphatic heterocycles. The van der Waals surface area contributed by atoms with Crippen molar-refractivity contribution in [2.45, 2.75) is 4.90 Å². The molecule has 0 spiro atoms. The van der Waals surface area contributed by atoms with Crippen molar-refractivity contribution in [3.05, 3.63) is 64.1 Å². The second-order valence-electron chi connectivity index (χ2n) is 5.12. The van der Waals surface area contributed by atoms with Crippen molar-refractivity contribution < 1.29 is 18.0 Å². The summed E-state index contributed by atoms with van der Waals surface area (Å²) in [7, 11) is -1.18. The van der Waals surface area contributed by atoms with Gasteiger partial charge in [-0.25, -0.2) is 8.42 Å². The number of hydrogen-bond acceptors (Lipinski definition) is 4. The van der Waals surface area contributed by atoms with Gasteiger partial charge in [0.05, 0.1) is 22.1 Å². The maximum Gasteiger partial charge on any atom is 0.264 e. The zero-order valence-electron chi connectivity index (χ0n) is 13.9. The first-order valence-electron chi connectivity index (χ1n) is 7.31. The van der Waals surface area contributed by atoms with Gasteiger partial charge in [-0.3, -0.25) is 9.63 Å². The average Bonchev–Trinajstić information content (AvgIpc) is 2.62. The highest BCUT2D eigenvalue weighted by Gasteiger charge is 2.20. The van der Waals surface area contributed by atoms with E-state index in [1.807, 2.05) is 0 Å². The molecule has 0 aliphatic rings. The molecule has 0 bridgehead atoms. The SMILES string of the molecule is CON(C)S(=O)(=O)c1ccc(NC(=O)/C=C/c2ccc(Cl)c(Cl)c2)cc1. The molecule has 0 radical (unpaired) electrons. The Bertz CT molecular complexity index is 928. The number of carbonyl (C=O) groups excluding carboxylic acids is 1. The Balaban J connectivity index is 2.05. The van der Waals surface area contributed by atoms with E-state index in [2.05, 4.69) is 5.32 Å². The highest BCUT2D eigenvalue weighted by molar-refractivity contribution is 7.89. The van der Waals surface area contributed by atoms with Crippen molar-refractivity contribution in [3.8, 4) is 0 Å². The number of nitrogens with zero attached hydrogens (tertiary/aromatic N) is 1. The zero-order chi connectivity index (χ0) is 19.3. The van der Waals surface area contributed by atoms with Crippen LogP contribution in [0.15, 0.2) is 53.4 Å². The third kappa shape index (κ3) is 5.06. The fourth-order valence-electron chi connectivity index (χ4n) is 1.93. The van der Waals surface area contributed by atoms with Crippen molar-refractivity contribution in [1.82, 2.24) is 4.47 Å². The molecular weight excluding hydrogens is 399 g/mol. The fraction of sp³-hybridized carbons (Fsp3) is 0.118. The normalized spacial score (nSPS) is 11.9. The van der Waals surface area contributed by atoms with Gasteiger partial charge in [-0.1, -0.05) is 33.7 Å². The third-order valence-electron chi connectivity index (χ3n) is 3.39. The summed E-state index contributed by atoms with van der Waals surface area (Å²) in [6, 6.07) is 10.7. The van der Waals surface area contributed by atoms with Crippen molar-refractivity contribution in [3.63, 3.8) is 0 Å². The van der Waals surface area contributed by atoms with Crippen LogP contribution in [0.1, 0.15) is 5.56 Å². The van der Waals surface area contributed by atoms with Gasteiger partial charge < -0.3 is 5.32 Å². The molecule has 2 aromatic rings. The molecule has 9 heteroatoms. The van der Waals surface area contributed by atoms with E-state index < -0.39 is 10.0 Å². The van der Waals surface area contributed by atoms with Gasteiger partial charge in [-0.2, -0.15) is 0 Å². The number of hydrogen-bond donors (Lipinski definition) is 1. The summed E-state index contributed by atoms with van der Waals surface area (Å²) in [5.74, 6) is -0.374. The number of rotatable bonds is 6. The Morgan fingerprint density at radius 3 is 2.35 bits per heavy atom. The van der Waals surface area contributed by atoms with Crippen LogP contribution in [0.25, 0.3) is 6.08 Å². The number of nitrogens with one attached hydrogen (secondary N) is 1. The summed E-state index contributed by atoms with van der Waals surface area (Å²) in [6.07, 6.45) is 2.92. The Kier molecular flexibility index (Phi) is 6.80. The zero-order valence-corrected chi connectivity index (χ0v) is 16.3. The smallest absolute Gasteiger partial charge is 0.264 e. The molecule has 6 nitrogen and oxygen atoms in total. The van der Waals surface area contributed by atoms with E-state index >= 15 is 0 Å². The van der Waals surface area contributed by atoms with E-state index in [1.165, 1.54) is 44.5 Å². The minimum Gasteiger partial charge on any atom is -0.323 e. The van der Waals surface area contributed by atoms with E-state index in [0.29, 0.717) is 15.7 Å². The minimum absolute atomic E-state index is 0.0474. The molecule has 2 aromatic carbocycles. The van der Waals surface area contributed by atoms with Gasteiger partial charge in [0, 0.05) is 18.8 Å². The molecular formula is C17H16Cl2N2O4S. The van der Waals surface area contributed by atoms with E-state index in [0.717, 1.165) is 10.0 Å². The topological polar surface area (TPSA) is 75.7 Å². The van der Waals surface area contributed by atoms with E-state index in [-0.39, 0.29) is 10.8 Å². The lowest BCUT2D eigenvalue weighted by molar-refractivity contribution is -0.111. The number of hydroxylamine groups is 1. The number of carbonyl (C=O) groups is 1. The van der Waals surface area contributed by atoms with Gasteiger partial charge in [0.2, 0.25) is 5.91 Å². The Morgan fingerprint density at radius 1 is 1.12 bits per heavy atom. The van der Waals surface area contributed by atoms with Crippen LogP contribution in [0.4, 0.5) is 5.69 Å². The van der Waals surface area contributed by atoms with Crippen molar-refractivity contribution in [2.75, 3.05) is 19.5 Å². The Morgan fingerprint density at radius 2 is 1.77 bits per heavy atom. The third-order valence-corrected chi connectivity index (χ3v) is 5.82. The monoisotopic (exact) mass is 414 g/mol. The first kappa shape index (κ1) is 20.4. The largest absolute Gasteiger partial charge is 0.323 e. The maximum absolute atomic E-state index is 12.1. The number of amides is 1. The molecule has 138 valence electrons. The van der Waals surface area contributed by atoms with Crippen molar-refractivity contribution in [2.24, 2.45) is 0 Å². The van der Waals surface area contributed by atoms with E-state index in [1.54, 1.807) is 24.3 Å². The van der Waals surface area contributed by atoms with Gasteiger partial charge in [-0.15, -0.1) is 0 Å². The number of halogens is 2. The van der Waals surface area contributed by atoms with Crippen LogP contribution in [0.5, 0.6) is 0 Å². The number of sulfonamides is 1. The summed E-state index contributed by atoms with van der Waals surface area (Å²) in [5.41, 5.74) is 1.17. The van der Waals surface area contributed by atoms with Crippen LogP contribution < -0.4 is 5.32 Å². The number of benzene rings is 2. The quantitative estimate of drug-likeness (QED) is 0.575. The second kappa shape index (κ2) is 8.66. The van der Waals surface area contributed by atoms with E-state index in [4.69, 9.17) is 28.0 Å². The van der Waals surface area contributed by atoms with Gasteiger partial charge in [0.25, 0.3) is 10.0 Å². The average molecular weight is 415 g/mol. The predicted octanol–water partition coefficient (Wildman–Crippen LogP) is 3.83. The van der Waals surface area contributed by atoms with Crippen LogP contribution in [0.2, 0.25) is 10.0 Å². The first-order valence-corrected chi connectivity index (χ1v) is 9.51. The summed E-state index contributed by atoms with van der Waals surface area (Å²) in [6.45, 7) is 0.